The van der Waals surface area contributed by atoms with E-state index < -0.39 is 0 Å². The average molecular weight is 308 g/mol. The summed E-state index contributed by atoms with van der Waals surface area (Å²) in [6, 6.07) is 12.4. The topological polar surface area (TPSA) is 42.0 Å². The summed E-state index contributed by atoms with van der Waals surface area (Å²) in [7, 11) is 0. The molecular formula is C20H24N2O. The second kappa shape index (κ2) is 6.95. The van der Waals surface area contributed by atoms with Gasteiger partial charge in [0.1, 0.15) is 0 Å². The van der Waals surface area contributed by atoms with Crippen molar-refractivity contribution in [3.8, 4) is 0 Å². The van der Waals surface area contributed by atoms with Crippen LogP contribution in [-0.4, -0.2) is 10.9 Å². The Morgan fingerprint density at radius 1 is 1.26 bits per heavy atom. The van der Waals surface area contributed by atoms with Crippen molar-refractivity contribution in [1.82, 2.24) is 10.3 Å². The highest BCUT2D eigenvalue weighted by Gasteiger charge is 2.34. The van der Waals surface area contributed by atoms with Crippen LogP contribution < -0.4 is 5.32 Å². The van der Waals surface area contributed by atoms with Crippen LogP contribution in [0.4, 0.5) is 0 Å². The number of hydrogen-bond donors (Lipinski definition) is 1. The molecule has 1 aliphatic carbocycles. The first kappa shape index (κ1) is 15.7. The summed E-state index contributed by atoms with van der Waals surface area (Å²) in [6.45, 7) is 4.16. The van der Waals surface area contributed by atoms with Crippen molar-refractivity contribution < 1.29 is 4.79 Å². The number of nitrogens with one attached hydrogen (secondary N) is 1. The number of amides is 1. The fourth-order valence-corrected chi connectivity index (χ4v) is 2.98. The van der Waals surface area contributed by atoms with Gasteiger partial charge in [-0.1, -0.05) is 24.3 Å². The van der Waals surface area contributed by atoms with Gasteiger partial charge in [-0.25, -0.2) is 0 Å². The molecule has 1 aromatic carbocycles. The van der Waals surface area contributed by atoms with Crippen molar-refractivity contribution >= 4 is 5.91 Å². The highest BCUT2D eigenvalue weighted by molar-refractivity contribution is 5.76. The second-order valence-electron chi connectivity index (χ2n) is 6.57. The fraction of sp³-hybridized carbons (Fsp3) is 0.400. The molecule has 0 aliphatic heterocycles. The molecule has 3 rings (SSSR count). The van der Waals surface area contributed by atoms with E-state index in [9.17, 15) is 4.79 Å². The predicted octanol–water partition coefficient (Wildman–Crippen LogP) is 3.90. The van der Waals surface area contributed by atoms with Crippen LogP contribution in [0.25, 0.3) is 0 Å². The quantitative estimate of drug-likeness (QED) is 0.879. The van der Waals surface area contributed by atoms with E-state index in [-0.39, 0.29) is 11.9 Å². The van der Waals surface area contributed by atoms with Gasteiger partial charge in [-0.2, -0.15) is 0 Å². The zero-order chi connectivity index (χ0) is 16.2. The zero-order valence-electron chi connectivity index (χ0n) is 13.9. The van der Waals surface area contributed by atoms with Crippen molar-refractivity contribution in [3.63, 3.8) is 0 Å². The SMILES string of the molecule is Cc1ccnc([C@H](NC(=O)CCc2ccccc2C)C2CC2)c1. The summed E-state index contributed by atoms with van der Waals surface area (Å²) >= 11 is 0. The van der Waals surface area contributed by atoms with Crippen molar-refractivity contribution in [2.45, 2.75) is 45.6 Å². The third-order valence-corrected chi connectivity index (χ3v) is 4.55. The Labute approximate surface area is 138 Å². The van der Waals surface area contributed by atoms with Crippen LogP contribution in [-0.2, 0) is 11.2 Å². The largest absolute Gasteiger partial charge is 0.347 e. The van der Waals surface area contributed by atoms with E-state index in [4.69, 9.17) is 0 Å². The van der Waals surface area contributed by atoms with Gasteiger partial charge >= 0.3 is 0 Å². The third kappa shape index (κ3) is 4.19. The van der Waals surface area contributed by atoms with E-state index in [2.05, 4.69) is 42.3 Å². The molecule has 120 valence electrons. The van der Waals surface area contributed by atoms with Crippen LogP contribution in [0.15, 0.2) is 42.6 Å². The summed E-state index contributed by atoms with van der Waals surface area (Å²) in [4.78, 5) is 16.9. The number of carbonyl (C=O) groups excluding carboxylic acids is 1. The normalized spacial score (nSPS) is 15.2. The molecule has 1 heterocycles. The maximum atomic E-state index is 12.4. The van der Waals surface area contributed by atoms with E-state index in [0.29, 0.717) is 12.3 Å². The first-order valence-electron chi connectivity index (χ1n) is 8.40. The number of aromatic nitrogens is 1. The Hall–Kier alpha value is -2.16. The van der Waals surface area contributed by atoms with Crippen LogP contribution in [0, 0.1) is 19.8 Å². The molecule has 1 aromatic heterocycles. The second-order valence-corrected chi connectivity index (χ2v) is 6.57. The van der Waals surface area contributed by atoms with E-state index in [1.807, 2.05) is 24.4 Å². The summed E-state index contributed by atoms with van der Waals surface area (Å²) in [6.07, 6.45) is 5.51. The molecule has 1 saturated carbocycles. The Morgan fingerprint density at radius 2 is 2.04 bits per heavy atom. The first-order valence-corrected chi connectivity index (χ1v) is 8.40. The average Bonchev–Trinajstić information content (AvgIpc) is 3.36. The summed E-state index contributed by atoms with van der Waals surface area (Å²) in [5, 5.41) is 3.21. The molecule has 3 heteroatoms. The molecule has 1 N–H and O–H groups in total. The minimum atomic E-state index is 0.0688. The molecule has 3 nitrogen and oxygen atoms in total. The Kier molecular flexibility index (Phi) is 4.75. The minimum absolute atomic E-state index is 0.0688. The molecule has 1 fully saturated rings. The lowest BCUT2D eigenvalue weighted by Crippen LogP contribution is -2.30. The number of carbonyl (C=O) groups is 1. The molecule has 0 unspecified atom stereocenters. The molecule has 23 heavy (non-hydrogen) atoms. The monoisotopic (exact) mass is 308 g/mol. The molecule has 2 aromatic rings. The molecule has 0 bridgehead atoms. The van der Waals surface area contributed by atoms with Crippen LogP contribution in [0.5, 0.6) is 0 Å². The van der Waals surface area contributed by atoms with Crippen LogP contribution in [0.1, 0.15) is 47.7 Å². The maximum Gasteiger partial charge on any atom is 0.220 e. The van der Waals surface area contributed by atoms with E-state index in [1.165, 1.54) is 29.5 Å². The van der Waals surface area contributed by atoms with Crippen molar-refractivity contribution in [3.05, 3.63) is 65.0 Å². The highest BCUT2D eigenvalue weighted by atomic mass is 16.1. The van der Waals surface area contributed by atoms with Gasteiger partial charge in [0.15, 0.2) is 0 Å². The molecule has 0 saturated heterocycles. The molecular weight excluding hydrogens is 284 g/mol. The van der Waals surface area contributed by atoms with Gasteiger partial charge in [-0.05, 0) is 67.9 Å². The van der Waals surface area contributed by atoms with Gasteiger partial charge in [0.2, 0.25) is 5.91 Å². The summed E-state index contributed by atoms with van der Waals surface area (Å²) in [5.41, 5.74) is 4.69. The van der Waals surface area contributed by atoms with Gasteiger partial charge in [0.05, 0.1) is 11.7 Å². The summed E-state index contributed by atoms with van der Waals surface area (Å²) < 4.78 is 0. The highest BCUT2D eigenvalue weighted by Crippen LogP contribution is 2.40. The van der Waals surface area contributed by atoms with E-state index in [0.717, 1.165) is 12.1 Å². The fourth-order valence-electron chi connectivity index (χ4n) is 2.98. The zero-order valence-corrected chi connectivity index (χ0v) is 13.9. The van der Waals surface area contributed by atoms with Gasteiger partial charge < -0.3 is 5.32 Å². The van der Waals surface area contributed by atoms with Gasteiger partial charge in [0.25, 0.3) is 0 Å². The molecule has 1 amide bonds. The van der Waals surface area contributed by atoms with Gasteiger partial charge in [-0.3, -0.25) is 9.78 Å². The molecule has 1 atom stereocenters. The van der Waals surface area contributed by atoms with Crippen molar-refractivity contribution in [2.75, 3.05) is 0 Å². The lowest BCUT2D eigenvalue weighted by atomic mass is 10.0. The minimum Gasteiger partial charge on any atom is -0.347 e. The van der Waals surface area contributed by atoms with E-state index in [1.54, 1.807) is 0 Å². The lowest BCUT2D eigenvalue weighted by Gasteiger charge is -2.18. The van der Waals surface area contributed by atoms with Gasteiger partial charge in [-0.15, -0.1) is 0 Å². The maximum absolute atomic E-state index is 12.4. The number of rotatable bonds is 6. The Bertz CT molecular complexity index is 692. The van der Waals surface area contributed by atoms with Crippen LogP contribution in [0.2, 0.25) is 0 Å². The van der Waals surface area contributed by atoms with Crippen LogP contribution in [0.3, 0.4) is 0 Å². The number of aryl methyl sites for hydroxylation is 3. The third-order valence-electron chi connectivity index (χ3n) is 4.55. The first-order chi connectivity index (χ1) is 11.1. The van der Waals surface area contributed by atoms with Gasteiger partial charge in [0, 0.05) is 12.6 Å². The Balaban J connectivity index is 1.62. The number of pyridine rings is 1. The molecule has 1 aliphatic rings. The predicted molar refractivity (Wildman–Crippen MR) is 92.1 cm³/mol. The number of benzene rings is 1. The number of nitrogens with zero attached hydrogens (tertiary/aromatic N) is 1. The Morgan fingerprint density at radius 3 is 2.74 bits per heavy atom. The van der Waals surface area contributed by atoms with Crippen molar-refractivity contribution in [2.24, 2.45) is 5.92 Å². The lowest BCUT2D eigenvalue weighted by molar-refractivity contribution is -0.122. The number of hydrogen-bond acceptors (Lipinski definition) is 2. The van der Waals surface area contributed by atoms with E-state index >= 15 is 0 Å². The van der Waals surface area contributed by atoms with Crippen molar-refractivity contribution in [1.29, 1.82) is 0 Å². The molecule has 0 radical (unpaired) electrons. The molecule has 0 spiro atoms. The smallest absolute Gasteiger partial charge is 0.220 e. The van der Waals surface area contributed by atoms with Crippen LogP contribution >= 0.6 is 0 Å². The summed E-state index contributed by atoms with van der Waals surface area (Å²) in [5.74, 6) is 0.667. The standard InChI is InChI=1S/C20H24N2O/c1-14-11-12-21-18(13-14)20(17-7-8-17)22-19(23)10-9-16-6-4-3-5-15(16)2/h3-6,11-13,17,20H,7-10H2,1-2H3,(H,22,23)/t20-/m1/s1.